The number of fused-ring (bicyclic) bond motifs is 1. The van der Waals surface area contributed by atoms with Crippen molar-refractivity contribution < 1.29 is 41.0 Å². The van der Waals surface area contributed by atoms with Crippen molar-refractivity contribution in [2.45, 2.75) is 44.3 Å². The van der Waals surface area contributed by atoms with Gasteiger partial charge >= 0.3 is 12.6 Å². The van der Waals surface area contributed by atoms with Crippen LogP contribution in [0.2, 0.25) is 0 Å². The predicted octanol–water partition coefficient (Wildman–Crippen LogP) is 5.86. The van der Waals surface area contributed by atoms with Crippen LogP contribution in [0, 0.1) is 18.7 Å². The highest BCUT2D eigenvalue weighted by molar-refractivity contribution is 7.92. The van der Waals surface area contributed by atoms with Crippen LogP contribution in [0.15, 0.2) is 65.6 Å². The number of benzene rings is 3. The molecule has 0 aromatic heterocycles. The molecule has 3 aromatic rings. The number of carbonyl (C=O) groups is 1. The van der Waals surface area contributed by atoms with Crippen molar-refractivity contribution in [2.24, 2.45) is 5.92 Å². The molecule has 0 aliphatic carbocycles. The Bertz CT molecular complexity index is 1450. The Morgan fingerprint density at radius 2 is 1.89 bits per heavy atom. The van der Waals surface area contributed by atoms with E-state index < -0.39 is 40.4 Å². The molecule has 7 nitrogen and oxygen atoms in total. The first-order valence-electron chi connectivity index (χ1n) is 11.9. The highest BCUT2D eigenvalue weighted by Gasteiger charge is 2.36. The van der Waals surface area contributed by atoms with E-state index in [1.807, 2.05) is 0 Å². The van der Waals surface area contributed by atoms with Gasteiger partial charge in [0.25, 0.3) is 10.0 Å². The number of alkyl halides is 2. The minimum absolute atomic E-state index is 0.0400. The standard InChI is InChI=1S/C27H26F3NO6S/c1-3-17(26(32)33)11-22-15-31(38(34,35)23-6-4-5-16(2)9-23)24-13-18(7-8-25(24)36-22)19-10-20(28)14-21(12-19)37-27(29)30/h4-10,12-14,17,22,27H,3,11,15H2,1-2H3,(H,32,33)/t17-,22+/m1/s1. The van der Waals surface area contributed by atoms with Crippen LogP contribution >= 0.6 is 0 Å². The van der Waals surface area contributed by atoms with E-state index in [-0.39, 0.29) is 40.6 Å². The topological polar surface area (TPSA) is 93.1 Å². The monoisotopic (exact) mass is 549 g/mol. The van der Waals surface area contributed by atoms with Gasteiger partial charge in [0.1, 0.15) is 23.4 Å². The minimum atomic E-state index is -4.12. The number of rotatable bonds is 9. The van der Waals surface area contributed by atoms with Crippen molar-refractivity contribution in [1.82, 2.24) is 0 Å². The molecular formula is C27H26F3NO6S. The van der Waals surface area contributed by atoms with Crippen molar-refractivity contribution in [1.29, 1.82) is 0 Å². The van der Waals surface area contributed by atoms with Crippen LogP contribution in [0.25, 0.3) is 11.1 Å². The summed E-state index contributed by atoms with van der Waals surface area (Å²) in [5, 5.41) is 9.52. The number of carboxylic acid groups (broad SMARTS) is 1. The van der Waals surface area contributed by atoms with Gasteiger partial charge in [0, 0.05) is 6.07 Å². The molecule has 3 aromatic carbocycles. The molecule has 38 heavy (non-hydrogen) atoms. The van der Waals surface area contributed by atoms with E-state index in [4.69, 9.17) is 4.74 Å². The lowest BCUT2D eigenvalue weighted by Gasteiger charge is -2.36. The van der Waals surface area contributed by atoms with Crippen molar-refractivity contribution in [3.63, 3.8) is 0 Å². The summed E-state index contributed by atoms with van der Waals surface area (Å²) in [4.78, 5) is 11.7. The smallest absolute Gasteiger partial charge is 0.387 e. The first-order valence-corrected chi connectivity index (χ1v) is 13.3. The minimum Gasteiger partial charge on any atom is -0.486 e. The van der Waals surface area contributed by atoms with Crippen molar-refractivity contribution in [3.8, 4) is 22.6 Å². The molecule has 4 rings (SSSR count). The van der Waals surface area contributed by atoms with Crippen LogP contribution in [0.1, 0.15) is 25.3 Å². The molecule has 1 N–H and O–H groups in total. The molecular weight excluding hydrogens is 523 g/mol. The second-order valence-electron chi connectivity index (χ2n) is 9.01. The molecule has 1 aliphatic rings. The fourth-order valence-corrected chi connectivity index (χ4v) is 6.01. The van der Waals surface area contributed by atoms with E-state index in [1.54, 1.807) is 26.0 Å². The summed E-state index contributed by atoms with van der Waals surface area (Å²) in [5.41, 5.74) is 1.42. The lowest BCUT2D eigenvalue weighted by atomic mass is 9.97. The van der Waals surface area contributed by atoms with E-state index in [9.17, 15) is 31.5 Å². The zero-order valence-electron chi connectivity index (χ0n) is 20.6. The molecule has 0 unspecified atom stereocenters. The first-order chi connectivity index (χ1) is 18.0. The van der Waals surface area contributed by atoms with Gasteiger partial charge in [0.2, 0.25) is 0 Å². The number of aryl methyl sites for hydroxylation is 1. The maximum Gasteiger partial charge on any atom is 0.387 e. The molecule has 0 fully saturated rings. The lowest BCUT2D eigenvalue weighted by molar-refractivity contribution is -0.142. The number of hydrogen-bond donors (Lipinski definition) is 1. The summed E-state index contributed by atoms with van der Waals surface area (Å²) in [6.45, 7) is 0.189. The Hall–Kier alpha value is -3.73. The molecule has 0 amide bonds. The number of anilines is 1. The SMILES string of the molecule is CC[C@H](C[C@H]1CN(S(=O)(=O)c2cccc(C)c2)c2cc(-c3cc(F)cc(OC(F)F)c3)ccc2O1)C(=O)O. The molecule has 0 radical (unpaired) electrons. The number of sulfonamides is 1. The molecule has 0 saturated carbocycles. The lowest BCUT2D eigenvalue weighted by Crippen LogP contribution is -2.44. The summed E-state index contributed by atoms with van der Waals surface area (Å²) in [6.07, 6.45) is -0.312. The summed E-state index contributed by atoms with van der Waals surface area (Å²) >= 11 is 0. The summed E-state index contributed by atoms with van der Waals surface area (Å²) < 4.78 is 78.8. The maximum atomic E-state index is 14.2. The van der Waals surface area contributed by atoms with Gasteiger partial charge in [-0.1, -0.05) is 25.1 Å². The molecule has 1 aliphatic heterocycles. The third kappa shape index (κ3) is 5.88. The van der Waals surface area contributed by atoms with Crippen molar-refractivity contribution in [3.05, 3.63) is 72.0 Å². The van der Waals surface area contributed by atoms with Crippen molar-refractivity contribution >= 4 is 21.7 Å². The first kappa shape index (κ1) is 27.3. The number of ether oxygens (including phenoxy) is 2. The van der Waals surface area contributed by atoms with E-state index in [2.05, 4.69) is 4.74 Å². The zero-order chi connectivity index (χ0) is 27.6. The van der Waals surface area contributed by atoms with Gasteiger partial charge in [0.15, 0.2) is 0 Å². The molecule has 0 spiro atoms. The highest BCUT2D eigenvalue weighted by atomic mass is 32.2. The van der Waals surface area contributed by atoms with Crippen LogP contribution in [-0.4, -0.2) is 38.8 Å². The molecule has 202 valence electrons. The summed E-state index contributed by atoms with van der Waals surface area (Å²) in [7, 11) is -4.12. The second kappa shape index (κ2) is 10.9. The van der Waals surface area contributed by atoms with Crippen LogP contribution in [0.4, 0.5) is 18.9 Å². The third-order valence-corrected chi connectivity index (χ3v) is 8.06. The fraction of sp³-hybridized carbons (Fsp3) is 0.296. The molecule has 0 saturated heterocycles. The zero-order valence-corrected chi connectivity index (χ0v) is 21.4. The van der Waals surface area contributed by atoms with Crippen LogP contribution in [0.3, 0.4) is 0 Å². The van der Waals surface area contributed by atoms with Crippen molar-refractivity contribution in [2.75, 3.05) is 10.8 Å². The van der Waals surface area contributed by atoms with E-state index in [0.29, 0.717) is 12.0 Å². The fourth-order valence-electron chi connectivity index (χ4n) is 4.40. The third-order valence-electron chi connectivity index (χ3n) is 6.29. The normalized spacial score (nSPS) is 16.1. The van der Waals surface area contributed by atoms with Gasteiger partial charge < -0.3 is 14.6 Å². The van der Waals surface area contributed by atoms with Gasteiger partial charge in [-0.3, -0.25) is 9.10 Å². The van der Waals surface area contributed by atoms with Gasteiger partial charge in [-0.15, -0.1) is 0 Å². The average molecular weight is 550 g/mol. The highest BCUT2D eigenvalue weighted by Crippen LogP contribution is 2.41. The number of aliphatic carboxylic acids is 1. The Morgan fingerprint density at radius 1 is 1.13 bits per heavy atom. The Morgan fingerprint density at radius 3 is 2.55 bits per heavy atom. The van der Waals surface area contributed by atoms with Gasteiger partial charge in [-0.25, -0.2) is 12.8 Å². The van der Waals surface area contributed by atoms with Crippen LogP contribution in [0.5, 0.6) is 11.5 Å². The predicted molar refractivity (Wildman–Crippen MR) is 135 cm³/mol. The molecule has 0 bridgehead atoms. The molecule has 1 heterocycles. The van der Waals surface area contributed by atoms with Gasteiger partial charge in [-0.05, 0) is 72.9 Å². The van der Waals surface area contributed by atoms with Gasteiger partial charge in [-0.2, -0.15) is 8.78 Å². The average Bonchev–Trinajstić information content (AvgIpc) is 2.85. The number of nitrogens with zero attached hydrogens (tertiary/aromatic N) is 1. The number of halogens is 3. The Balaban J connectivity index is 1.80. The number of carboxylic acids is 1. The quantitative estimate of drug-likeness (QED) is 0.360. The van der Waals surface area contributed by atoms with E-state index in [1.165, 1.54) is 36.4 Å². The van der Waals surface area contributed by atoms with Gasteiger partial charge in [0.05, 0.1) is 23.0 Å². The Kier molecular flexibility index (Phi) is 7.86. The largest absolute Gasteiger partial charge is 0.486 e. The summed E-state index contributed by atoms with van der Waals surface area (Å²) in [6, 6.07) is 14.0. The molecule has 11 heteroatoms. The van der Waals surface area contributed by atoms with Crippen LogP contribution in [-0.2, 0) is 14.8 Å². The molecule has 2 atom stereocenters. The Labute approximate surface area is 218 Å². The van der Waals surface area contributed by atoms with Crippen LogP contribution < -0.4 is 13.8 Å². The number of hydrogen-bond acceptors (Lipinski definition) is 5. The van der Waals surface area contributed by atoms with E-state index >= 15 is 0 Å². The summed E-state index contributed by atoms with van der Waals surface area (Å²) in [5.74, 6) is -2.73. The second-order valence-corrected chi connectivity index (χ2v) is 10.9. The van der Waals surface area contributed by atoms with E-state index in [0.717, 1.165) is 22.0 Å². The maximum absolute atomic E-state index is 14.2.